The fourth-order valence-electron chi connectivity index (χ4n) is 4.81. The lowest BCUT2D eigenvalue weighted by Gasteiger charge is -2.17. The number of furan rings is 1. The number of aryl methyl sites for hydroxylation is 2. The fourth-order valence-corrected chi connectivity index (χ4v) is 4.81. The van der Waals surface area contributed by atoms with Gasteiger partial charge in [-0.25, -0.2) is 8.96 Å². The van der Waals surface area contributed by atoms with Gasteiger partial charge in [-0.2, -0.15) is 0 Å². The van der Waals surface area contributed by atoms with E-state index in [2.05, 4.69) is 69.8 Å². The van der Waals surface area contributed by atoms with Gasteiger partial charge < -0.3 is 4.42 Å². The molecule has 0 amide bonds. The highest BCUT2D eigenvalue weighted by Crippen LogP contribution is 2.41. The van der Waals surface area contributed by atoms with Crippen molar-refractivity contribution in [2.24, 2.45) is 12.5 Å². The number of pyridine rings is 1. The van der Waals surface area contributed by atoms with Gasteiger partial charge >= 0.3 is 0 Å². The van der Waals surface area contributed by atoms with E-state index in [1.807, 2.05) is 36.4 Å². The van der Waals surface area contributed by atoms with E-state index in [0.717, 1.165) is 45.2 Å². The molecule has 5 aromatic rings. The molecule has 33 heavy (non-hydrogen) atoms. The van der Waals surface area contributed by atoms with Crippen LogP contribution in [0, 0.1) is 18.2 Å². The van der Waals surface area contributed by atoms with Crippen LogP contribution in [0.2, 0.25) is 0 Å². The predicted molar refractivity (Wildman–Crippen MR) is 134 cm³/mol. The first kappa shape index (κ1) is 21.4. The lowest BCUT2D eigenvalue weighted by Crippen LogP contribution is -2.32. The van der Waals surface area contributed by atoms with Crippen LogP contribution in [-0.4, -0.2) is 0 Å². The highest BCUT2D eigenvalue weighted by molar-refractivity contribution is 6.13. The van der Waals surface area contributed by atoms with E-state index in [-0.39, 0.29) is 11.2 Å². The topological polar surface area (TPSA) is 17.0 Å². The SMILES string of the molecule is Cc1ccc2c(oc3c(-c4ccccc4)c(F)ccc32)c1-c1ccc(CC(C)(C)C)c[n+]1C. The summed E-state index contributed by atoms with van der Waals surface area (Å²) in [5.74, 6) is -0.275. The molecule has 3 heteroatoms. The first-order valence-electron chi connectivity index (χ1n) is 11.4. The number of nitrogens with zero attached hydrogens (tertiary/aromatic N) is 1. The largest absolute Gasteiger partial charge is 0.454 e. The molecule has 0 unspecified atom stereocenters. The Hall–Kier alpha value is -3.46. The van der Waals surface area contributed by atoms with Gasteiger partial charge in [-0.05, 0) is 48.1 Å². The molecule has 2 heterocycles. The van der Waals surface area contributed by atoms with Gasteiger partial charge in [0.05, 0.1) is 11.1 Å². The number of fused-ring (bicyclic) bond motifs is 3. The van der Waals surface area contributed by atoms with Crippen LogP contribution in [-0.2, 0) is 13.5 Å². The number of aromatic nitrogens is 1. The highest BCUT2D eigenvalue weighted by atomic mass is 19.1. The van der Waals surface area contributed by atoms with Crippen molar-refractivity contribution in [3.63, 3.8) is 0 Å². The number of halogens is 1. The lowest BCUT2D eigenvalue weighted by molar-refractivity contribution is -0.660. The van der Waals surface area contributed by atoms with Crippen LogP contribution in [0.15, 0.2) is 77.3 Å². The highest BCUT2D eigenvalue weighted by Gasteiger charge is 2.24. The van der Waals surface area contributed by atoms with Crippen molar-refractivity contribution in [2.45, 2.75) is 34.1 Å². The van der Waals surface area contributed by atoms with Crippen molar-refractivity contribution in [1.29, 1.82) is 0 Å². The van der Waals surface area contributed by atoms with Crippen LogP contribution >= 0.6 is 0 Å². The molecule has 0 N–H and O–H groups in total. The zero-order valence-corrected chi connectivity index (χ0v) is 19.9. The van der Waals surface area contributed by atoms with E-state index in [1.54, 1.807) is 6.07 Å². The van der Waals surface area contributed by atoms with Gasteiger partial charge in [0.15, 0.2) is 6.20 Å². The molecule has 0 bridgehead atoms. The molecule has 0 atom stereocenters. The number of rotatable bonds is 3. The summed E-state index contributed by atoms with van der Waals surface area (Å²) in [5.41, 5.74) is 7.50. The Morgan fingerprint density at radius 3 is 2.15 bits per heavy atom. The molecule has 0 spiro atoms. The second-order valence-electron chi connectivity index (χ2n) is 10.2. The third kappa shape index (κ3) is 3.82. The van der Waals surface area contributed by atoms with E-state index in [1.165, 1.54) is 5.56 Å². The van der Waals surface area contributed by atoms with Crippen LogP contribution in [0.4, 0.5) is 4.39 Å². The van der Waals surface area contributed by atoms with E-state index in [9.17, 15) is 0 Å². The maximum absolute atomic E-state index is 15.0. The molecule has 3 aromatic carbocycles. The van der Waals surface area contributed by atoms with Crippen molar-refractivity contribution in [1.82, 2.24) is 0 Å². The Labute approximate surface area is 194 Å². The van der Waals surface area contributed by atoms with Crippen molar-refractivity contribution >= 4 is 21.9 Å². The molecular formula is C30H29FNO+. The molecule has 0 saturated heterocycles. The quantitative estimate of drug-likeness (QED) is 0.263. The number of benzene rings is 3. The van der Waals surface area contributed by atoms with Crippen LogP contribution in [0.3, 0.4) is 0 Å². The Kier molecular flexibility index (Phi) is 5.08. The Morgan fingerprint density at radius 1 is 0.818 bits per heavy atom. The lowest BCUT2D eigenvalue weighted by atomic mass is 9.88. The van der Waals surface area contributed by atoms with Crippen LogP contribution in [0.5, 0.6) is 0 Å². The molecule has 5 rings (SSSR count). The van der Waals surface area contributed by atoms with Gasteiger partial charge in [0.2, 0.25) is 5.69 Å². The zero-order chi connectivity index (χ0) is 23.3. The molecule has 0 radical (unpaired) electrons. The van der Waals surface area contributed by atoms with Crippen LogP contribution < -0.4 is 4.57 Å². The minimum Gasteiger partial charge on any atom is -0.454 e. The maximum atomic E-state index is 15.0. The summed E-state index contributed by atoms with van der Waals surface area (Å²) in [4.78, 5) is 0. The zero-order valence-electron chi connectivity index (χ0n) is 19.9. The molecule has 0 aliphatic heterocycles. The maximum Gasteiger partial charge on any atom is 0.216 e. The summed E-state index contributed by atoms with van der Waals surface area (Å²) < 4.78 is 23.7. The minimum absolute atomic E-state index is 0.223. The minimum atomic E-state index is -0.275. The van der Waals surface area contributed by atoms with E-state index in [0.29, 0.717) is 11.1 Å². The molecule has 0 aliphatic carbocycles. The first-order chi connectivity index (χ1) is 15.7. The van der Waals surface area contributed by atoms with Crippen molar-refractivity contribution in [3.8, 4) is 22.4 Å². The normalized spacial score (nSPS) is 12.1. The average molecular weight is 439 g/mol. The van der Waals surface area contributed by atoms with E-state index >= 15 is 4.39 Å². The van der Waals surface area contributed by atoms with Crippen molar-refractivity contribution in [3.05, 3.63) is 89.9 Å². The molecule has 0 aliphatic rings. The molecule has 166 valence electrons. The summed E-state index contributed by atoms with van der Waals surface area (Å²) in [6.07, 6.45) is 3.21. The van der Waals surface area contributed by atoms with E-state index < -0.39 is 0 Å². The second-order valence-corrected chi connectivity index (χ2v) is 10.2. The molecule has 2 aromatic heterocycles. The summed E-state index contributed by atoms with van der Waals surface area (Å²) in [5, 5.41) is 1.93. The standard InChI is InChI=1S/C30H29FNO/c1-19-11-13-22-23-14-15-24(31)27(21-9-7-6-8-10-21)29(23)33-28(22)26(19)25-16-12-20(18-32(25)5)17-30(2,3)4/h6-16,18H,17H2,1-5H3/q+1. The van der Waals surface area contributed by atoms with Gasteiger partial charge in [-0.1, -0.05) is 63.2 Å². The van der Waals surface area contributed by atoms with Crippen LogP contribution in [0.25, 0.3) is 44.3 Å². The number of hydrogen-bond donors (Lipinski definition) is 0. The van der Waals surface area contributed by atoms with Gasteiger partial charge in [0, 0.05) is 22.4 Å². The molecule has 2 nitrogen and oxygen atoms in total. The Balaban J connectivity index is 1.76. The molecular weight excluding hydrogens is 409 g/mol. The average Bonchev–Trinajstić information content (AvgIpc) is 3.12. The predicted octanol–water partition coefficient (Wildman–Crippen LogP) is 7.78. The smallest absolute Gasteiger partial charge is 0.216 e. The van der Waals surface area contributed by atoms with Gasteiger partial charge in [-0.3, -0.25) is 0 Å². The van der Waals surface area contributed by atoms with Crippen molar-refractivity contribution in [2.75, 3.05) is 0 Å². The van der Waals surface area contributed by atoms with Crippen molar-refractivity contribution < 1.29 is 13.4 Å². The first-order valence-corrected chi connectivity index (χ1v) is 11.4. The second kappa shape index (κ2) is 7.84. The third-order valence-electron chi connectivity index (χ3n) is 6.21. The number of hydrogen-bond acceptors (Lipinski definition) is 1. The molecule has 0 fully saturated rings. The Bertz CT molecular complexity index is 1490. The summed E-state index contributed by atoms with van der Waals surface area (Å²) in [6, 6.07) is 21.6. The summed E-state index contributed by atoms with van der Waals surface area (Å²) >= 11 is 0. The van der Waals surface area contributed by atoms with Gasteiger partial charge in [0.1, 0.15) is 24.0 Å². The third-order valence-corrected chi connectivity index (χ3v) is 6.21. The van der Waals surface area contributed by atoms with Gasteiger partial charge in [0.25, 0.3) is 0 Å². The molecule has 0 saturated carbocycles. The van der Waals surface area contributed by atoms with Gasteiger partial charge in [-0.15, -0.1) is 0 Å². The Morgan fingerprint density at radius 2 is 1.48 bits per heavy atom. The monoisotopic (exact) mass is 438 g/mol. The summed E-state index contributed by atoms with van der Waals surface area (Å²) in [7, 11) is 2.08. The summed E-state index contributed by atoms with van der Waals surface area (Å²) in [6.45, 7) is 8.86. The fraction of sp³-hybridized carbons (Fsp3) is 0.233. The van der Waals surface area contributed by atoms with E-state index in [4.69, 9.17) is 4.42 Å². The van der Waals surface area contributed by atoms with Crippen LogP contribution in [0.1, 0.15) is 31.9 Å².